The Balaban J connectivity index is 2.30. The number of benzene rings is 1. The fourth-order valence-electron chi connectivity index (χ4n) is 2.33. The summed E-state index contributed by atoms with van der Waals surface area (Å²) in [5, 5.41) is 18.4. The largest absolute Gasteiger partial charge is 0.394 e. The molecule has 0 aliphatic heterocycles. The molecule has 0 fully saturated rings. The highest BCUT2D eigenvalue weighted by atomic mass is 16.3. The summed E-state index contributed by atoms with van der Waals surface area (Å²) in [7, 11) is 0. The molecule has 0 spiro atoms. The van der Waals surface area contributed by atoms with Gasteiger partial charge in [0.25, 0.3) is 0 Å². The zero-order valence-corrected chi connectivity index (χ0v) is 12.2. The molecule has 20 heavy (non-hydrogen) atoms. The molecule has 0 radical (unpaired) electrons. The van der Waals surface area contributed by atoms with Crippen LogP contribution in [0.4, 0.5) is 0 Å². The van der Waals surface area contributed by atoms with Crippen molar-refractivity contribution in [2.24, 2.45) is 5.41 Å². The van der Waals surface area contributed by atoms with Crippen LogP contribution >= 0.6 is 0 Å². The van der Waals surface area contributed by atoms with E-state index in [9.17, 15) is 5.11 Å². The van der Waals surface area contributed by atoms with Crippen molar-refractivity contribution >= 4 is 0 Å². The number of hydrogen-bond donors (Lipinski definition) is 1. The van der Waals surface area contributed by atoms with Gasteiger partial charge >= 0.3 is 0 Å². The van der Waals surface area contributed by atoms with E-state index in [2.05, 4.69) is 31.4 Å². The van der Waals surface area contributed by atoms with Crippen molar-refractivity contribution in [3.05, 3.63) is 48.3 Å². The number of rotatable bonds is 3. The lowest BCUT2D eigenvalue weighted by molar-refractivity contribution is 0.137. The summed E-state index contributed by atoms with van der Waals surface area (Å²) in [5.41, 5.74) is 2.83. The highest BCUT2D eigenvalue weighted by molar-refractivity contribution is 5.63. The molecule has 0 saturated heterocycles. The molecule has 1 heterocycles. The molecule has 1 atom stereocenters. The fourth-order valence-corrected chi connectivity index (χ4v) is 2.33. The molecule has 0 aliphatic rings. The third kappa shape index (κ3) is 2.92. The molecule has 1 aromatic carbocycles. The van der Waals surface area contributed by atoms with Crippen LogP contribution in [0.2, 0.25) is 0 Å². The molecule has 0 aliphatic carbocycles. The number of aliphatic hydroxyl groups is 1. The number of aromatic nitrogens is 1. The third-order valence-electron chi connectivity index (χ3n) is 3.59. The van der Waals surface area contributed by atoms with Gasteiger partial charge < -0.3 is 9.67 Å². The van der Waals surface area contributed by atoms with Crippen molar-refractivity contribution in [2.75, 3.05) is 6.61 Å². The van der Waals surface area contributed by atoms with Gasteiger partial charge in [0.1, 0.15) is 0 Å². The minimum Gasteiger partial charge on any atom is -0.394 e. The average molecular weight is 268 g/mol. The maximum Gasteiger partial charge on any atom is 0.0991 e. The van der Waals surface area contributed by atoms with Crippen molar-refractivity contribution in [2.45, 2.75) is 26.8 Å². The van der Waals surface area contributed by atoms with Crippen molar-refractivity contribution in [1.82, 2.24) is 4.57 Å². The van der Waals surface area contributed by atoms with Crippen LogP contribution in [0, 0.1) is 16.7 Å². The quantitative estimate of drug-likeness (QED) is 0.924. The van der Waals surface area contributed by atoms with Gasteiger partial charge in [0.15, 0.2) is 0 Å². The number of nitriles is 1. The summed E-state index contributed by atoms with van der Waals surface area (Å²) in [6.45, 7) is 6.48. The van der Waals surface area contributed by atoms with Gasteiger partial charge in [-0.15, -0.1) is 0 Å². The van der Waals surface area contributed by atoms with E-state index < -0.39 is 0 Å². The first-order valence-corrected chi connectivity index (χ1v) is 6.74. The summed E-state index contributed by atoms with van der Waals surface area (Å²) >= 11 is 0. The summed E-state index contributed by atoms with van der Waals surface area (Å²) in [5.74, 6) is 0. The predicted molar refractivity (Wildman–Crippen MR) is 80.2 cm³/mol. The summed E-state index contributed by atoms with van der Waals surface area (Å²) in [6, 6.07) is 11.7. The molecule has 0 saturated carbocycles. The van der Waals surface area contributed by atoms with E-state index in [0.29, 0.717) is 5.56 Å². The standard InChI is InChI=1S/C17H20N2O/c1-17(2,3)16(12-20)19-9-8-15(11-19)14-6-4-13(10-18)5-7-14/h4-9,11,16,20H,12H2,1-3H3/t16-/m1/s1. The molecule has 2 rings (SSSR count). The van der Waals surface area contributed by atoms with Crippen LogP contribution in [0.3, 0.4) is 0 Å². The lowest BCUT2D eigenvalue weighted by Gasteiger charge is -2.30. The maximum atomic E-state index is 9.61. The van der Waals surface area contributed by atoms with Crippen LogP contribution in [-0.4, -0.2) is 16.3 Å². The SMILES string of the molecule is CC(C)(C)[C@@H](CO)n1ccc(-c2ccc(C#N)cc2)c1. The summed E-state index contributed by atoms with van der Waals surface area (Å²) in [4.78, 5) is 0. The number of nitrogens with zero attached hydrogens (tertiary/aromatic N) is 2. The minimum absolute atomic E-state index is 0.00426. The van der Waals surface area contributed by atoms with Crippen LogP contribution in [0.5, 0.6) is 0 Å². The first kappa shape index (κ1) is 14.4. The third-order valence-corrected chi connectivity index (χ3v) is 3.59. The van der Waals surface area contributed by atoms with Gasteiger partial charge in [-0.3, -0.25) is 0 Å². The first-order valence-electron chi connectivity index (χ1n) is 6.74. The topological polar surface area (TPSA) is 49.0 Å². The molecular weight excluding hydrogens is 248 g/mol. The van der Waals surface area contributed by atoms with E-state index in [1.165, 1.54) is 0 Å². The van der Waals surface area contributed by atoms with Crippen molar-refractivity contribution < 1.29 is 5.11 Å². The Morgan fingerprint density at radius 2 is 1.80 bits per heavy atom. The fraction of sp³-hybridized carbons (Fsp3) is 0.353. The lowest BCUT2D eigenvalue weighted by Crippen LogP contribution is -2.26. The Morgan fingerprint density at radius 3 is 2.30 bits per heavy atom. The molecule has 1 aromatic heterocycles. The highest BCUT2D eigenvalue weighted by Crippen LogP contribution is 2.32. The molecule has 0 unspecified atom stereocenters. The Morgan fingerprint density at radius 1 is 1.15 bits per heavy atom. The highest BCUT2D eigenvalue weighted by Gasteiger charge is 2.25. The first-order chi connectivity index (χ1) is 9.45. The van der Waals surface area contributed by atoms with E-state index in [4.69, 9.17) is 5.26 Å². The molecule has 0 bridgehead atoms. The number of hydrogen-bond acceptors (Lipinski definition) is 2. The van der Waals surface area contributed by atoms with Crippen molar-refractivity contribution in [1.29, 1.82) is 5.26 Å². The smallest absolute Gasteiger partial charge is 0.0991 e. The van der Waals surface area contributed by atoms with E-state index in [1.807, 2.05) is 42.7 Å². The van der Waals surface area contributed by atoms with Gasteiger partial charge in [-0.25, -0.2) is 0 Å². The van der Waals surface area contributed by atoms with Gasteiger partial charge in [0.05, 0.1) is 24.3 Å². The Bertz CT molecular complexity index is 612. The summed E-state index contributed by atoms with van der Waals surface area (Å²) in [6.07, 6.45) is 4.05. The van der Waals surface area contributed by atoms with Crippen molar-refractivity contribution in [3.8, 4) is 17.2 Å². The van der Waals surface area contributed by atoms with Crippen LogP contribution < -0.4 is 0 Å². The molecule has 104 valence electrons. The maximum absolute atomic E-state index is 9.61. The van der Waals surface area contributed by atoms with E-state index in [0.717, 1.165) is 11.1 Å². The second-order valence-corrected chi connectivity index (χ2v) is 6.10. The van der Waals surface area contributed by atoms with E-state index in [-0.39, 0.29) is 18.1 Å². The molecule has 0 amide bonds. The van der Waals surface area contributed by atoms with Crippen molar-refractivity contribution in [3.63, 3.8) is 0 Å². The molecule has 3 heteroatoms. The van der Waals surface area contributed by atoms with E-state index in [1.54, 1.807) is 0 Å². The Hall–Kier alpha value is -2.05. The van der Waals surface area contributed by atoms with Gasteiger partial charge in [0, 0.05) is 12.4 Å². The lowest BCUT2D eigenvalue weighted by atomic mass is 9.87. The zero-order chi connectivity index (χ0) is 14.8. The molecular formula is C17H20N2O. The molecule has 1 N–H and O–H groups in total. The minimum atomic E-state index is -0.00426. The summed E-state index contributed by atoms with van der Waals surface area (Å²) < 4.78 is 2.06. The molecule has 3 nitrogen and oxygen atoms in total. The van der Waals surface area contributed by atoms with Crippen LogP contribution in [-0.2, 0) is 0 Å². The van der Waals surface area contributed by atoms with Crippen LogP contribution in [0.1, 0.15) is 32.4 Å². The second kappa shape index (κ2) is 5.52. The van der Waals surface area contributed by atoms with Crippen LogP contribution in [0.15, 0.2) is 42.7 Å². The average Bonchev–Trinajstić information content (AvgIpc) is 2.87. The van der Waals surface area contributed by atoms with Gasteiger partial charge in [-0.1, -0.05) is 32.9 Å². The predicted octanol–water partition coefficient (Wildman–Crippen LogP) is 3.61. The Kier molecular flexibility index (Phi) is 3.96. The van der Waals surface area contributed by atoms with Gasteiger partial charge in [-0.05, 0) is 34.7 Å². The number of aliphatic hydroxyl groups excluding tert-OH is 1. The van der Waals surface area contributed by atoms with Gasteiger partial charge in [-0.2, -0.15) is 5.26 Å². The normalized spacial score (nSPS) is 12.9. The van der Waals surface area contributed by atoms with Gasteiger partial charge in [0.2, 0.25) is 0 Å². The monoisotopic (exact) mass is 268 g/mol. The van der Waals surface area contributed by atoms with E-state index >= 15 is 0 Å². The van der Waals surface area contributed by atoms with Crippen LogP contribution in [0.25, 0.3) is 11.1 Å². The Labute approximate surface area is 120 Å². The molecule has 2 aromatic rings. The second-order valence-electron chi connectivity index (χ2n) is 6.10. The zero-order valence-electron chi connectivity index (χ0n) is 12.2.